The number of hydrogen-bond acceptors (Lipinski definition) is 8. The minimum absolute atomic E-state index is 0.0657. The molecule has 11 heteroatoms. The first-order chi connectivity index (χ1) is 13.0. The number of piperazine rings is 1. The number of nitro groups is 1. The second-order valence-electron chi connectivity index (χ2n) is 5.95. The number of aliphatic hydroxyl groups excluding tert-OH is 1. The van der Waals surface area contributed by atoms with E-state index < -0.39 is 10.7 Å². The number of hydrogen-bond donors (Lipinski definition) is 2. The van der Waals surface area contributed by atoms with Crippen molar-refractivity contribution in [3.05, 3.63) is 44.9 Å². The molecule has 0 aliphatic carbocycles. The number of benzene rings is 1. The maximum Gasteiger partial charge on any atom is 0.353 e. The van der Waals surface area contributed by atoms with E-state index in [4.69, 9.17) is 5.11 Å². The van der Waals surface area contributed by atoms with Gasteiger partial charge in [-0.3, -0.25) is 15.0 Å². The lowest BCUT2D eigenvalue weighted by Crippen LogP contribution is -2.47. The van der Waals surface area contributed by atoms with Gasteiger partial charge in [-0.1, -0.05) is 15.9 Å². The second kappa shape index (κ2) is 8.55. The minimum atomic E-state index is -0.561. The van der Waals surface area contributed by atoms with Crippen LogP contribution in [-0.2, 0) is 0 Å². The topological polar surface area (TPSA) is 108 Å². The van der Waals surface area contributed by atoms with Gasteiger partial charge in [-0.15, -0.1) is 0 Å². The van der Waals surface area contributed by atoms with Crippen LogP contribution in [0.3, 0.4) is 0 Å². The van der Waals surface area contributed by atoms with Crippen molar-refractivity contribution in [3.63, 3.8) is 0 Å². The van der Waals surface area contributed by atoms with Gasteiger partial charge in [0, 0.05) is 37.2 Å². The lowest BCUT2D eigenvalue weighted by Gasteiger charge is -2.34. The van der Waals surface area contributed by atoms with Gasteiger partial charge in [0.1, 0.15) is 12.1 Å². The maximum atomic E-state index is 14.1. The highest BCUT2D eigenvalue weighted by Crippen LogP contribution is 2.34. The summed E-state index contributed by atoms with van der Waals surface area (Å²) in [6.07, 6.45) is 1.22. The summed E-state index contributed by atoms with van der Waals surface area (Å²) in [6, 6.07) is 4.36. The number of rotatable bonds is 6. The highest BCUT2D eigenvalue weighted by molar-refractivity contribution is 9.10. The van der Waals surface area contributed by atoms with Crippen molar-refractivity contribution in [1.29, 1.82) is 0 Å². The van der Waals surface area contributed by atoms with Gasteiger partial charge in [0.15, 0.2) is 0 Å². The predicted molar refractivity (Wildman–Crippen MR) is 102 cm³/mol. The third-order valence-electron chi connectivity index (χ3n) is 4.26. The van der Waals surface area contributed by atoms with Crippen LogP contribution in [-0.4, -0.2) is 64.2 Å². The standard InChI is InChI=1S/C16H18BrFN6O3/c17-11-1-2-13(12(18)9-11)21-15-14(24(26)27)16(20-10-19-15)23-5-3-22(4-6-23)7-8-25/h1-2,9-10,25H,3-8H2,(H,19,20,21). The zero-order valence-electron chi connectivity index (χ0n) is 14.3. The lowest BCUT2D eigenvalue weighted by atomic mass is 10.2. The molecule has 0 saturated carbocycles. The van der Waals surface area contributed by atoms with E-state index in [9.17, 15) is 14.5 Å². The first-order valence-electron chi connectivity index (χ1n) is 8.29. The smallest absolute Gasteiger partial charge is 0.353 e. The molecule has 2 N–H and O–H groups in total. The fourth-order valence-corrected chi connectivity index (χ4v) is 3.24. The molecule has 0 amide bonds. The molecule has 1 saturated heterocycles. The molecule has 2 heterocycles. The van der Waals surface area contributed by atoms with E-state index >= 15 is 0 Å². The van der Waals surface area contributed by atoms with Gasteiger partial charge >= 0.3 is 5.69 Å². The van der Waals surface area contributed by atoms with Crippen molar-refractivity contribution < 1.29 is 14.4 Å². The molecule has 1 aliphatic rings. The number of aromatic nitrogens is 2. The van der Waals surface area contributed by atoms with E-state index in [1.54, 1.807) is 11.0 Å². The highest BCUT2D eigenvalue weighted by atomic mass is 79.9. The van der Waals surface area contributed by atoms with E-state index in [0.29, 0.717) is 37.2 Å². The van der Waals surface area contributed by atoms with Crippen LogP contribution in [0.4, 0.5) is 27.4 Å². The van der Waals surface area contributed by atoms with Crippen LogP contribution in [0.15, 0.2) is 29.0 Å². The van der Waals surface area contributed by atoms with Crippen molar-refractivity contribution in [2.75, 3.05) is 49.5 Å². The van der Waals surface area contributed by atoms with Crippen LogP contribution in [0.25, 0.3) is 0 Å². The van der Waals surface area contributed by atoms with Gasteiger partial charge in [-0.05, 0) is 18.2 Å². The molecule has 0 spiro atoms. The Morgan fingerprint density at radius 3 is 2.67 bits per heavy atom. The zero-order valence-corrected chi connectivity index (χ0v) is 15.9. The first kappa shape index (κ1) is 19.4. The van der Waals surface area contributed by atoms with Gasteiger partial charge < -0.3 is 15.3 Å². The average molecular weight is 441 g/mol. The summed E-state index contributed by atoms with van der Waals surface area (Å²) < 4.78 is 14.7. The molecule has 1 fully saturated rings. The quantitative estimate of drug-likeness (QED) is 0.519. The number of nitrogens with zero attached hydrogens (tertiary/aromatic N) is 5. The van der Waals surface area contributed by atoms with Gasteiger partial charge in [0.25, 0.3) is 0 Å². The molecule has 3 rings (SSSR count). The molecular weight excluding hydrogens is 423 g/mol. The first-order valence-corrected chi connectivity index (χ1v) is 9.08. The largest absolute Gasteiger partial charge is 0.395 e. The fourth-order valence-electron chi connectivity index (χ4n) is 2.90. The lowest BCUT2D eigenvalue weighted by molar-refractivity contribution is -0.383. The van der Waals surface area contributed by atoms with Crippen molar-refractivity contribution in [2.24, 2.45) is 0 Å². The van der Waals surface area contributed by atoms with Crippen LogP contribution in [0.5, 0.6) is 0 Å². The Morgan fingerprint density at radius 2 is 2.04 bits per heavy atom. The molecule has 1 aliphatic heterocycles. The SMILES string of the molecule is O=[N+]([O-])c1c(Nc2ccc(Br)cc2F)ncnc1N1CCN(CCO)CC1. The summed E-state index contributed by atoms with van der Waals surface area (Å²) >= 11 is 3.17. The van der Waals surface area contributed by atoms with Crippen LogP contribution in [0, 0.1) is 15.9 Å². The van der Waals surface area contributed by atoms with E-state index in [-0.39, 0.29) is 29.6 Å². The normalized spacial score (nSPS) is 15.0. The van der Waals surface area contributed by atoms with Crippen molar-refractivity contribution in [2.45, 2.75) is 0 Å². The Hall–Kier alpha value is -2.37. The molecule has 1 aromatic carbocycles. The molecule has 27 heavy (non-hydrogen) atoms. The molecule has 1 aromatic heterocycles. The van der Waals surface area contributed by atoms with Crippen LogP contribution < -0.4 is 10.2 Å². The molecule has 0 radical (unpaired) electrons. The highest BCUT2D eigenvalue weighted by Gasteiger charge is 2.29. The summed E-state index contributed by atoms with van der Waals surface area (Å²) in [6.45, 7) is 3.02. The minimum Gasteiger partial charge on any atom is -0.395 e. The van der Waals surface area contributed by atoms with E-state index in [0.717, 1.165) is 0 Å². The van der Waals surface area contributed by atoms with Gasteiger partial charge in [-0.25, -0.2) is 14.4 Å². The Morgan fingerprint density at radius 1 is 1.30 bits per heavy atom. The van der Waals surface area contributed by atoms with Crippen molar-refractivity contribution >= 4 is 38.9 Å². The third-order valence-corrected chi connectivity index (χ3v) is 4.75. The Balaban J connectivity index is 1.88. The Kier molecular flexibility index (Phi) is 6.14. The molecule has 0 unspecified atom stereocenters. The number of halogens is 2. The van der Waals surface area contributed by atoms with E-state index in [1.165, 1.54) is 18.5 Å². The molecule has 0 atom stereocenters. The molecular formula is C16H18BrFN6O3. The summed E-state index contributed by atoms with van der Waals surface area (Å²) in [5.74, 6) is -0.431. The van der Waals surface area contributed by atoms with Crippen LogP contribution >= 0.6 is 15.9 Å². The van der Waals surface area contributed by atoms with Gasteiger partial charge in [-0.2, -0.15) is 0 Å². The summed E-state index contributed by atoms with van der Waals surface area (Å²) in [7, 11) is 0. The van der Waals surface area contributed by atoms with Crippen LogP contribution in [0.2, 0.25) is 0 Å². The van der Waals surface area contributed by atoms with Crippen molar-refractivity contribution in [1.82, 2.24) is 14.9 Å². The third kappa shape index (κ3) is 4.49. The number of β-amino-alcohol motifs (C(OH)–C–C–N with tert-alkyl or cyclic N) is 1. The fraction of sp³-hybridized carbons (Fsp3) is 0.375. The number of anilines is 3. The van der Waals surface area contributed by atoms with E-state index in [1.807, 2.05) is 0 Å². The number of nitrogens with one attached hydrogen (secondary N) is 1. The second-order valence-corrected chi connectivity index (χ2v) is 6.87. The number of aliphatic hydroxyl groups is 1. The van der Waals surface area contributed by atoms with Gasteiger partial charge in [0.2, 0.25) is 11.6 Å². The molecule has 2 aromatic rings. The summed E-state index contributed by atoms with van der Waals surface area (Å²) in [5.41, 5.74) is -0.214. The van der Waals surface area contributed by atoms with E-state index in [2.05, 4.69) is 36.1 Å². The Labute approximate surface area is 163 Å². The zero-order chi connectivity index (χ0) is 19.4. The molecule has 144 valence electrons. The summed E-state index contributed by atoms with van der Waals surface area (Å²) in [4.78, 5) is 23.0. The average Bonchev–Trinajstić information content (AvgIpc) is 2.64. The molecule has 0 bridgehead atoms. The monoisotopic (exact) mass is 440 g/mol. The molecule has 9 nitrogen and oxygen atoms in total. The Bertz CT molecular complexity index is 832. The maximum absolute atomic E-state index is 14.1. The predicted octanol–water partition coefficient (Wildman–Crippen LogP) is 2.14. The van der Waals surface area contributed by atoms with Crippen molar-refractivity contribution in [3.8, 4) is 0 Å². The van der Waals surface area contributed by atoms with Crippen LogP contribution in [0.1, 0.15) is 0 Å². The summed E-state index contributed by atoms with van der Waals surface area (Å²) in [5, 5.41) is 23.4. The van der Waals surface area contributed by atoms with Gasteiger partial charge in [0.05, 0.1) is 17.2 Å².